The topological polar surface area (TPSA) is 15.8 Å². The molecular formula is C10H9N. The Balaban J connectivity index is 2.88. The van der Waals surface area contributed by atoms with Gasteiger partial charge in [0.25, 0.3) is 0 Å². The van der Waals surface area contributed by atoms with Crippen molar-refractivity contribution in [3.8, 4) is 0 Å². The van der Waals surface area contributed by atoms with Crippen LogP contribution in [0, 0.1) is 0 Å². The lowest BCUT2D eigenvalue weighted by molar-refractivity contribution is 1.48. The van der Waals surface area contributed by atoms with Crippen LogP contribution in [0.2, 0.25) is 0 Å². The number of benzene rings is 1. The SMILES string of the molecule is C=Cc1cccc2[nH]ccc12. The molecule has 0 saturated heterocycles. The summed E-state index contributed by atoms with van der Waals surface area (Å²) in [6, 6.07) is 8.20. The summed E-state index contributed by atoms with van der Waals surface area (Å²) in [5, 5.41) is 1.24. The molecule has 1 nitrogen and oxygen atoms in total. The van der Waals surface area contributed by atoms with Crippen LogP contribution in [0.15, 0.2) is 37.0 Å². The molecule has 1 aromatic carbocycles. The third-order valence-electron chi connectivity index (χ3n) is 1.85. The number of nitrogens with one attached hydrogen (secondary N) is 1. The summed E-state index contributed by atoms with van der Waals surface area (Å²) >= 11 is 0. The van der Waals surface area contributed by atoms with Crippen LogP contribution in [-0.4, -0.2) is 4.98 Å². The highest BCUT2D eigenvalue weighted by Crippen LogP contribution is 2.17. The van der Waals surface area contributed by atoms with E-state index in [1.807, 2.05) is 18.3 Å². The van der Waals surface area contributed by atoms with E-state index in [1.165, 1.54) is 16.5 Å². The fourth-order valence-electron chi connectivity index (χ4n) is 1.29. The van der Waals surface area contributed by atoms with Crippen LogP contribution in [0.25, 0.3) is 17.0 Å². The molecule has 11 heavy (non-hydrogen) atoms. The van der Waals surface area contributed by atoms with Crippen LogP contribution in [0.5, 0.6) is 0 Å². The summed E-state index contributed by atoms with van der Waals surface area (Å²) in [5.74, 6) is 0. The summed E-state index contributed by atoms with van der Waals surface area (Å²) in [7, 11) is 0. The fraction of sp³-hybridized carbons (Fsp3) is 0. The van der Waals surface area contributed by atoms with Crippen LogP contribution in [0.3, 0.4) is 0 Å². The van der Waals surface area contributed by atoms with Gasteiger partial charge in [-0.2, -0.15) is 0 Å². The van der Waals surface area contributed by atoms with E-state index in [0.717, 1.165) is 0 Å². The van der Waals surface area contributed by atoms with E-state index in [4.69, 9.17) is 0 Å². The molecule has 0 bridgehead atoms. The second-order valence-electron chi connectivity index (χ2n) is 2.49. The Hall–Kier alpha value is -1.50. The Labute approximate surface area is 65.4 Å². The molecule has 0 saturated carbocycles. The Morgan fingerprint density at radius 2 is 2.18 bits per heavy atom. The minimum atomic E-state index is 1.17. The predicted octanol–water partition coefficient (Wildman–Crippen LogP) is 2.81. The number of aromatic amines is 1. The molecule has 0 aliphatic carbocycles. The summed E-state index contributed by atoms with van der Waals surface area (Å²) in [5.41, 5.74) is 2.35. The first-order valence-corrected chi connectivity index (χ1v) is 3.60. The van der Waals surface area contributed by atoms with E-state index in [1.54, 1.807) is 0 Å². The van der Waals surface area contributed by atoms with Gasteiger partial charge in [-0.1, -0.05) is 24.8 Å². The molecule has 1 aromatic heterocycles. The van der Waals surface area contributed by atoms with E-state index in [9.17, 15) is 0 Å². The second kappa shape index (κ2) is 2.27. The minimum absolute atomic E-state index is 1.17. The summed E-state index contributed by atoms with van der Waals surface area (Å²) in [6.45, 7) is 3.75. The monoisotopic (exact) mass is 143 g/mol. The van der Waals surface area contributed by atoms with Crippen LogP contribution >= 0.6 is 0 Å². The molecule has 0 atom stereocenters. The number of H-pyrrole nitrogens is 1. The van der Waals surface area contributed by atoms with Gasteiger partial charge in [-0.05, 0) is 17.7 Å². The van der Waals surface area contributed by atoms with Crippen LogP contribution < -0.4 is 0 Å². The molecule has 0 aliphatic heterocycles. The van der Waals surface area contributed by atoms with Crippen LogP contribution in [0.4, 0.5) is 0 Å². The quantitative estimate of drug-likeness (QED) is 0.631. The van der Waals surface area contributed by atoms with Crippen molar-refractivity contribution in [3.05, 3.63) is 42.6 Å². The Kier molecular flexibility index (Phi) is 1.29. The number of rotatable bonds is 1. The zero-order valence-electron chi connectivity index (χ0n) is 6.17. The highest BCUT2D eigenvalue weighted by molar-refractivity contribution is 5.88. The summed E-state index contributed by atoms with van der Waals surface area (Å²) in [6.07, 6.45) is 3.81. The smallest absolute Gasteiger partial charge is 0.0459 e. The molecule has 0 unspecified atom stereocenters. The maximum absolute atomic E-state index is 3.75. The van der Waals surface area contributed by atoms with Gasteiger partial charge in [0.1, 0.15) is 0 Å². The van der Waals surface area contributed by atoms with Gasteiger partial charge in [-0.15, -0.1) is 0 Å². The highest BCUT2D eigenvalue weighted by atomic mass is 14.7. The molecule has 0 amide bonds. The largest absolute Gasteiger partial charge is 0.361 e. The summed E-state index contributed by atoms with van der Waals surface area (Å²) < 4.78 is 0. The first-order chi connectivity index (χ1) is 5.42. The first-order valence-electron chi connectivity index (χ1n) is 3.60. The maximum atomic E-state index is 3.75. The molecule has 2 aromatic rings. The molecule has 1 heterocycles. The van der Waals surface area contributed by atoms with Gasteiger partial charge in [0, 0.05) is 17.1 Å². The van der Waals surface area contributed by atoms with Gasteiger partial charge in [0.05, 0.1) is 0 Å². The van der Waals surface area contributed by atoms with E-state index >= 15 is 0 Å². The Morgan fingerprint density at radius 3 is 3.00 bits per heavy atom. The van der Waals surface area contributed by atoms with Crippen molar-refractivity contribution in [1.29, 1.82) is 0 Å². The van der Waals surface area contributed by atoms with Gasteiger partial charge >= 0.3 is 0 Å². The van der Waals surface area contributed by atoms with Crippen molar-refractivity contribution < 1.29 is 0 Å². The van der Waals surface area contributed by atoms with Gasteiger partial charge in [-0.3, -0.25) is 0 Å². The molecule has 0 radical (unpaired) electrons. The van der Waals surface area contributed by atoms with E-state index in [-0.39, 0.29) is 0 Å². The second-order valence-corrected chi connectivity index (χ2v) is 2.49. The van der Waals surface area contributed by atoms with E-state index < -0.39 is 0 Å². The van der Waals surface area contributed by atoms with Crippen LogP contribution in [0.1, 0.15) is 5.56 Å². The molecule has 54 valence electrons. The Bertz CT molecular complexity index is 384. The molecule has 2 rings (SSSR count). The van der Waals surface area contributed by atoms with Crippen molar-refractivity contribution in [2.45, 2.75) is 0 Å². The number of aromatic nitrogens is 1. The highest BCUT2D eigenvalue weighted by Gasteiger charge is 1.95. The Morgan fingerprint density at radius 1 is 1.27 bits per heavy atom. The first kappa shape index (κ1) is 6.23. The van der Waals surface area contributed by atoms with Gasteiger partial charge in [0.2, 0.25) is 0 Å². The molecule has 0 fully saturated rings. The van der Waals surface area contributed by atoms with Crippen molar-refractivity contribution >= 4 is 17.0 Å². The molecule has 1 heteroatoms. The normalized spacial score (nSPS) is 10.2. The number of fused-ring (bicyclic) bond motifs is 1. The lowest BCUT2D eigenvalue weighted by Gasteiger charge is -1.93. The van der Waals surface area contributed by atoms with E-state index in [0.29, 0.717) is 0 Å². The average Bonchev–Trinajstić information content (AvgIpc) is 2.50. The van der Waals surface area contributed by atoms with Gasteiger partial charge < -0.3 is 4.98 Å². The minimum Gasteiger partial charge on any atom is -0.361 e. The van der Waals surface area contributed by atoms with Crippen molar-refractivity contribution in [1.82, 2.24) is 4.98 Å². The van der Waals surface area contributed by atoms with Crippen LogP contribution in [-0.2, 0) is 0 Å². The zero-order valence-corrected chi connectivity index (χ0v) is 6.17. The molecule has 1 N–H and O–H groups in total. The standard InChI is InChI=1S/C10H9N/c1-2-8-4-3-5-10-9(8)6-7-11-10/h2-7,11H,1H2. The maximum Gasteiger partial charge on any atom is 0.0459 e. The van der Waals surface area contributed by atoms with E-state index in [2.05, 4.69) is 29.8 Å². The van der Waals surface area contributed by atoms with Gasteiger partial charge in [0.15, 0.2) is 0 Å². The lowest BCUT2D eigenvalue weighted by Crippen LogP contribution is -1.71. The lowest BCUT2D eigenvalue weighted by atomic mass is 10.1. The van der Waals surface area contributed by atoms with Crippen molar-refractivity contribution in [2.24, 2.45) is 0 Å². The summed E-state index contributed by atoms with van der Waals surface area (Å²) in [4.78, 5) is 3.15. The van der Waals surface area contributed by atoms with Gasteiger partial charge in [-0.25, -0.2) is 0 Å². The third kappa shape index (κ3) is 0.855. The fourth-order valence-corrected chi connectivity index (χ4v) is 1.29. The van der Waals surface area contributed by atoms with Crippen molar-refractivity contribution in [3.63, 3.8) is 0 Å². The molecule has 0 aliphatic rings. The zero-order chi connectivity index (χ0) is 7.68. The number of hydrogen-bond acceptors (Lipinski definition) is 0. The third-order valence-corrected chi connectivity index (χ3v) is 1.85. The average molecular weight is 143 g/mol. The molecular weight excluding hydrogens is 134 g/mol. The molecule has 0 spiro atoms. The predicted molar refractivity (Wildman–Crippen MR) is 48.4 cm³/mol. The van der Waals surface area contributed by atoms with Crippen molar-refractivity contribution in [2.75, 3.05) is 0 Å². The number of hydrogen-bond donors (Lipinski definition) is 1.